The molecule has 1 amide bonds. The number of hydroxylamine groups is 1. The summed E-state index contributed by atoms with van der Waals surface area (Å²) in [5.74, 6) is -3.54. The summed E-state index contributed by atoms with van der Waals surface area (Å²) in [5.41, 5.74) is 3.49. The minimum absolute atomic E-state index is 0.0327. The third kappa shape index (κ3) is 10.2. The van der Waals surface area contributed by atoms with E-state index in [1.165, 1.54) is 32.2 Å². The van der Waals surface area contributed by atoms with Crippen LogP contribution in [0.3, 0.4) is 0 Å². The number of aryl methyl sites for hydroxylation is 1. The fourth-order valence-electron chi connectivity index (χ4n) is 10.8. The summed E-state index contributed by atoms with van der Waals surface area (Å²) in [6.45, 7) is 3.76. The molecule has 2 heterocycles. The third-order valence-corrected chi connectivity index (χ3v) is 15.0. The summed E-state index contributed by atoms with van der Waals surface area (Å²) >= 11 is 0. The number of fused-ring (bicyclic) bond motifs is 3. The van der Waals surface area contributed by atoms with Crippen molar-refractivity contribution in [2.24, 2.45) is 0 Å². The van der Waals surface area contributed by atoms with Gasteiger partial charge in [0, 0.05) is 67.1 Å². The standard InChI is InChI=1S/C60H59N5O12/c1-35-54(68)44(30-49(75-35)76-47-32-59(73,36(2)66)31-43-51(47)58(72)53-52(56(43)70)55(69)42-22-15-23-46(74-3)50(42)57(53)71)61-33-37-25-27-38(28-26-37)45-34-65(64-62-45)29-14-13-24-48(67)63-77-60(39-16-7-4-8-17-39,40-18-9-5-10-19-40)41-20-11-6-12-21-41/h4-12,15-23,25-28,34-35,44,47,49,54,61,68,70,72-73H,13-14,24,29-33H2,1-3H3,(H,63,67)/t35-,44-,47-,49-,54+,59-/m0/s1. The zero-order chi connectivity index (χ0) is 54.0. The highest BCUT2D eigenvalue weighted by Crippen LogP contribution is 2.53. The average molecular weight is 1040 g/mol. The number of aromatic nitrogens is 3. The Kier molecular flexibility index (Phi) is 15.0. The molecule has 0 radical (unpaired) electrons. The number of nitrogens with one attached hydrogen (secondary N) is 2. The van der Waals surface area contributed by atoms with Crippen LogP contribution in [0.2, 0.25) is 0 Å². The van der Waals surface area contributed by atoms with E-state index in [9.17, 15) is 39.6 Å². The monoisotopic (exact) mass is 1040 g/mol. The van der Waals surface area contributed by atoms with Crippen molar-refractivity contribution in [3.8, 4) is 28.5 Å². The van der Waals surface area contributed by atoms with Gasteiger partial charge in [-0.2, -0.15) is 0 Å². The van der Waals surface area contributed by atoms with Crippen LogP contribution >= 0.6 is 0 Å². The van der Waals surface area contributed by atoms with Gasteiger partial charge in [0.2, 0.25) is 11.7 Å². The van der Waals surface area contributed by atoms with Crippen molar-refractivity contribution in [3.05, 3.63) is 195 Å². The number of nitrogens with zero attached hydrogens (tertiary/aromatic N) is 3. The van der Waals surface area contributed by atoms with Crippen LogP contribution in [0.4, 0.5) is 0 Å². The highest BCUT2D eigenvalue weighted by Gasteiger charge is 2.50. The number of unbranched alkanes of at least 4 members (excludes halogenated alkanes) is 1. The number of aromatic hydroxyl groups is 2. The first-order chi connectivity index (χ1) is 37.2. The molecule has 6 aromatic carbocycles. The molecule has 6 atom stereocenters. The molecule has 396 valence electrons. The van der Waals surface area contributed by atoms with Gasteiger partial charge in [-0.1, -0.05) is 133 Å². The molecule has 7 aromatic rings. The number of Topliss-reactive ketones (excluding diaryl/α,β-unsaturated/α-hetero) is 1. The van der Waals surface area contributed by atoms with Gasteiger partial charge in [-0.3, -0.25) is 28.7 Å². The van der Waals surface area contributed by atoms with E-state index in [0.29, 0.717) is 31.6 Å². The number of rotatable bonds is 18. The Morgan fingerprint density at radius 2 is 1.45 bits per heavy atom. The zero-order valence-corrected chi connectivity index (χ0v) is 42.7. The molecule has 3 aliphatic rings. The second kappa shape index (κ2) is 22.0. The SMILES string of the molecule is COc1cccc2c1C(=O)c1c(O)c3c(c(O)c1C2=O)C[C@@](O)(C(C)=O)C[C@@H]3O[C@H]1C[C@H](NCc2ccc(-c3cn(CCCCC(=O)NOC(c4ccccc4)(c4ccccc4)c4ccccc4)nn3)cc2)[C@H](O)[C@H](C)O1. The lowest BCUT2D eigenvalue weighted by molar-refractivity contribution is -0.249. The van der Waals surface area contributed by atoms with Crippen LogP contribution in [0.15, 0.2) is 140 Å². The van der Waals surface area contributed by atoms with Crippen molar-refractivity contribution in [1.82, 2.24) is 25.8 Å². The zero-order valence-electron chi connectivity index (χ0n) is 42.7. The van der Waals surface area contributed by atoms with Gasteiger partial charge in [0.05, 0.1) is 48.3 Å². The average Bonchev–Trinajstić information content (AvgIpc) is 3.98. The fraction of sp³-hybridized carbons (Fsp3) is 0.300. The first-order valence-electron chi connectivity index (χ1n) is 25.7. The van der Waals surface area contributed by atoms with Gasteiger partial charge in [-0.25, -0.2) is 5.48 Å². The number of aliphatic hydroxyl groups is 2. The Hall–Kier alpha value is -7.90. The van der Waals surface area contributed by atoms with Crippen LogP contribution in [0.25, 0.3) is 11.3 Å². The van der Waals surface area contributed by atoms with Gasteiger partial charge in [0.1, 0.15) is 28.5 Å². The summed E-state index contributed by atoms with van der Waals surface area (Å²) in [4.78, 5) is 60.7. The molecule has 1 saturated heterocycles. The van der Waals surface area contributed by atoms with Gasteiger partial charge >= 0.3 is 0 Å². The summed E-state index contributed by atoms with van der Waals surface area (Å²) in [6.07, 6.45) is -1.48. The Balaban J connectivity index is 0.754. The van der Waals surface area contributed by atoms with Crippen LogP contribution in [-0.2, 0) is 49.0 Å². The molecule has 77 heavy (non-hydrogen) atoms. The topological polar surface area (TPSA) is 241 Å². The number of aliphatic hydroxyl groups excluding tert-OH is 1. The first-order valence-corrected chi connectivity index (χ1v) is 25.7. The molecule has 6 N–H and O–H groups in total. The largest absolute Gasteiger partial charge is 0.507 e. The number of phenolic OH excluding ortho intramolecular Hbond substituents is 2. The summed E-state index contributed by atoms with van der Waals surface area (Å²) in [7, 11) is 1.35. The molecule has 17 nitrogen and oxygen atoms in total. The van der Waals surface area contributed by atoms with E-state index in [2.05, 4.69) is 21.1 Å². The number of amides is 1. The molecule has 0 unspecified atom stereocenters. The number of carbonyl (C=O) groups is 4. The van der Waals surface area contributed by atoms with Gasteiger partial charge in [-0.05, 0) is 55.0 Å². The van der Waals surface area contributed by atoms with Crippen molar-refractivity contribution >= 4 is 23.3 Å². The van der Waals surface area contributed by atoms with Crippen molar-refractivity contribution < 1.29 is 58.7 Å². The quantitative estimate of drug-likeness (QED) is 0.0213. The van der Waals surface area contributed by atoms with Gasteiger partial charge in [0.15, 0.2) is 23.5 Å². The number of hydrogen-bond donors (Lipinski definition) is 6. The lowest BCUT2D eigenvalue weighted by Crippen LogP contribution is -2.54. The van der Waals surface area contributed by atoms with Crippen molar-refractivity contribution in [2.75, 3.05) is 7.11 Å². The summed E-state index contributed by atoms with van der Waals surface area (Å²) in [6, 6.07) is 41.1. The van der Waals surface area contributed by atoms with Gasteiger partial charge in [0.25, 0.3) is 0 Å². The Morgan fingerprint density at radius 1 is 0.818 bits per heavy atom. The maximum absolute atomic E-state index is 14.1. The smallest absolute Gasteiger partial charge is 0.243 e. The number of phenols is 2. The molecule has 10 rings (SSSR count). The van der Waals surface area contributed by atoms with E-state index in [1.807, 2.05) is 121 Å². The van der Waals surface area contributed by atoms with E-state index < -0.39 is 88.2 Å². The van der Waals surface area contributed by atoms with Gasteiger partial charge < -0.3 is 40.0 Å². The predicted octanol–water partition coefficient (Wildman–Crippen LogP) is 7.33. The lowest BCUT2D eigenvalue weighted by Gasteiger charge is -2.43. The minimum Gasteiger partial charge on any atom is -0.507 e. The highest BCUT2D eigenvalue weighted by atomic mass is 16.7. The van der Waals surface area contributed by atoms with E-state index in [0.717, 1.165) is 27.8 Å². The first kappa shape index (κ1) is 52.5. The molecule has 1 fully saturated rings. The van der Waals surface area contributed by atoms with E-state index >= 15 is 0 Å². The fourth-order valence-corrected chi connectivity index (χ4v) is 10.8. The maximum atomic E-state index is 14.1. The maximum Gasteiger partial charge on any atom is 0.243 e. The van der Waals surface area contributed by atoms with Crippen molar-refractivity contribution in [3.63, 3.8) is 0 Å². The number of methoxy groups -OCH3 is 1. The second-order valence-corrected chi connectivity index (χ2v) is 19.9. The normalized spacial score (nSPS) is 20.9. The van der Waals surface area contributed by atoms with E-state index in [1.54, 1.807) is 11.6 Å². The van der Waals surface area contributed by atoms with E-state index in [4.69, 9.17) is 19.0 Å². The van der Waals surface area contributed by atoms with Crippen molar-refractivity contribution in [2.45, 2.75) is 107 Å². The van der Waals surface area contributed by atoms with Crippen LogP contribution < -0.4 is 15.5 Å². The molecule has 1 aromatic heterocycles. The van der Waals surface area contributed by atoms with Crippen molar-refractivity contribution in [1.29, 1.82) is 0 Å². The van der Waals surface area contributed by atoms with Crippen LogP contribution in [-0.4, -0.2) is 95.9 Å². The minimum atomic E-state index is -2.07. The molecule has 0 bridgehead atoms. The number of ether oxygens (including phenoxy) is 3. The second-order valence-electron chi connectivity index (χ2n) is 19.9. The Labute approximate surface area is 444 Å². The number of carbonyl (C=O) groups excluding carboxylic acids is 4. The highest BCUT2D eigenvalue weighted by molar-refractivity contribution is 6.31. The molecule has 0 saturated carbocycles. The summed E-state index contributed by atoms with van der Waals surface area (Å²) in [5, 5.41) is 58.7. The van der Waals surface area contributed by atoms with Crippen LogP contribution in [0.1, 0.15) is 117 Å². The molecule has 0 spiro atoms. The Bertz CT molecular complexity index is 3220. The number of hydrogen-bond acceptors (Lipinski definition) is 15. The van der Waals surface area contributed by atoms with Crippen LogP contribution in [0.5, 0.6) is 17.2 Å². The number of benzene rings is 6. The van der Waals surface area contributed by atoms with Crippen LogP contribution in [0, 0.1) is 0 Å². The van der Waals surface area contributed by atoms with Gasteiger partial charge in [-0.15, -0.1) is 5.10 Å². The Morgan fingerprint density at radius 3 is 2.08 bits per heavy atom. The third-order valence-electron chi connectivity index (χ3n) is 15.0. The summed E-state index contributed by atoms with van der Waals surface area (Å²) < 4.78 is 19.7. The molecular formula is C60H59N5O12. The molecule has 17 heteroatoms. The van der Waals surface area contributed by atoms with E-state index in [-0.39, 0.29) is 53.2 Å². The lowest BCUT2D eigenvalue weighted by atomic mass is 9.72. The molecular weight excluding hydrogens is 983 g/mol. The molecule has 2 aliphatic carbocycles. The predicted molar refractivity (Wildman–Crippen MR) is 281 cm³/mol. The molecule has 1 aliphatic heterocycles. The number of ketones is 3.